The maximum atomic E-state index is 13.2. The van der Waals surface area contributed by atoms with Crippen molar-refractivity contribution in [2.75, 3.05) is 23.8 Å². The lowest BCUT2D eigenvalue weighted by Crippen LogP contribution is -2.31. The fraction of sp³-hybridized carbons (Fsp3) is 0.500. The van der Waals surface area contributed by atoms with E-state index >= 15 is 0 Å². The van der Waals surface area contributed by atoms with Crippen LogP contribution in [0.25, 0.3) is 22.3 Å². The molecule has 8 atom stereocenters. The molecule has 0 spiro atoms. The molecule has 2 unspecified atom stereocenters. The molecule has 42 heavy (non-hydrogen) atoms. The third-order valence-electron chi connectivity index (χ3n) is 7.10. The summed E-state index contributed by atoms with van der Waals surface area (Å²) in [4.78, 5) is 46.1. The van der Waals surface area contributed by atoms with Crippen molar-refractivity contribution in [3.8, 4) is 0 Å². The maximum absolute atomic E-state index is 13.2. The molecule has 3 fully saturated rings. The summed E-state index contributed by atoms with van der Waals surface area (Å²) in [5.41, 5.74) is 13.2. The summed E-state index contributed by atoms with van der Waals surface area (Å²) < 4.78 is 58.0. The van der Waals surface area contributed by atoms with Crippen LogP contribution in [-0.2, 0) is 32.2 Å². The zero-order valence-electron chi connectivity index (χ0n) is 21.4. The highest BCUT2D eigenvalue weighted by Gasteiger charge is 2.47. The Morgan fingerprint density at radius 1 is 0.786 bits per heavy atom. The van der Waals surface area contributed by atoms with Crippen LogP contribution in [0.1, 0.15) is 25.3 Å². The van der Waals surface area contributed by atoms with Crippen LogP contribution in [0, 0.1) is 0 Å². The lowest BCUT2D eigenvalue weighted by molar-refractivity contribution is -0.0451. The average Bonchev–Trinajstić information content (AvgIpc) is 3.71. The summed E-state index contributed by atoms with van der Waals surface area (Å²) in [5, 5.41) is 0. The van der Waals surface area contributed by atoms with Gasteiger partial charge in [-0.1, -0.05) is 0 Å². The van der Waals surface area contributed by atoms with Gasteiger partial charge in [-0.3, -0.25) is 22.7 Å². The molecular weight excluding hydrogens is 618 g/mol. The van der Waals surface area contributed by atoms with Gasteiger partial charge in [-0.25, -0.2) is 39.0 Å². The van der Waals surface area contributed by atoms with Crippen LogP contribution in [0.2, 0.25) is 0 Å². The Kier molecular flexibility index (Phi) is 6.97. The predicted molar refractivity (Wildman–Crippen MR) is 144 cm³/mol. The lowest BCUT2D eigenvalue weighted by Gasteiger charge is -2.26. The van der Waals surface area contributed by atoms with Gasteiger partial charge in [-0.05, 0) is 11.4 Å². The number of aromatic nitrogens is 8. The van der Waals surface area contributed by atoms with Gasteiger partial charge in [0.25, 0.3) is 0 Å². The highest BCUT2D eigenvalue weighted by molar-refractivity contribution is 8.54. The van der Waals surface area contributed by atoms with E-state index in [0.717, 1.165) is 0 Å². The number of nitrogen functional groups attached to an aromatic ring is 2. The number of imidazole rings is 2. The van der Waals surface area contributed by atoms with Crippen molar-refractivity contribution in [1.82, 2.24) is 39.0 Å². The Bertz CT molecular complexity index is 1630. The van der Waals surface area contributed by atoms with Gasteiger partial charge >= 0.3 is 14.6 Å². The Morgan fingerprint density at radius 3 is 1.93 bits per heavy atom. The van der Waals surface area contributed by atoms with Crippen molar-refractivity contribution < 1.29 is 42.0 Å². The van der Waals surface area contributed by atoms with Crippen molar-refractivity contribution in [3.63, 3.8) is 0 Å². The van der Waals surface area contributed by atoms with E-state index in [1.165, 1.54) is 25.3 Å². The van der Waals surface area contributed by atoms with E-state index in [2.05, 4.69) is 29.9 Å². The van der Waals surface area contributed by atoms with Crippen molar-refractivity contribution in [2.45, 2.75) is 49.7 Å². The van der Waals surface area contributed by atoms with E-state index < -0.39 is 58.1 Å². The van der Waals surface area contributed by atoms with Crippen molar-refractivity contribution in [3.05, 3.63) is 25.3 Å². The van der Waals surface area contributed by atoms with Crippen LogP contribution >= 0.6 is 26.0 Å². The van der Waals surface area contributed by atoms with Crippen LogP contribution in [0.15, 0.2) is 25.3 Å². The van der Waals surface area contributed by atoms with Crippen molar-refractivity contribution >= 4 is 60.0 Å². The minimum absolute atomic E-state index is 0.0778. The van der Waals surface area contributed by atoms with Gasteiger partial charge < -0.3 is 30.7 Å². The lowest BCUT2D eigenvalue weighted by atomic mass is 10.2. The molecule has 224 valence electrons. The van der Waals surface area contributed by atoms with Gasteiger partial charge in [0.1, 0.15) is 54.5 Å². The Labute approximate surface area is 239 Å². The number of nitrogens with two attached hydrogens (primary N) is 2. The second-order valence-electron chi connectivity index (χ2n) is 9.71. The zero-order valence-corrected chi connectivity index (χ0v) is 24.0. The summed E-state index contributed by atoms with van der Waals surface area (Å²) in [6.07, 6.45) is 0.206. The van der Waals surface area contributed by atoms with Crippen LogP contribution in [-0.4, -0.2) is 85.6 Å². The Morgan fingerprint density at radius 2 is 1.33 bits per heavy atom. The van der Waals surface area contributed by atoms with Gasteiger partial charge in [0.15, 0.2) is 22.9 Å². The molecule has 7 rings (SSSR count). The third kappa shape index (κ3) is 5.17. The van der Waals surface area contributed by atoms with Gasteiger partial charge in [0, 0.05) is 18.6 Å². The maximum Gasteiger partial charge on any atom is 0.472 e. The monoisotopic (exact) mass is 642 g/mol. The number of nitrogens with zero attached hydrogens (tertiary/aromatic N) is 8. The van der Waals surface area contributed by atoms with Crippen LogP contribution in [0.4, 0.5) is 11.6 Å². The van der Waals surface area contributed by atoms with Gasteiger partial charge in [-0.15, -0.1) is 0 Å². The molecule has 3 saturated heterocycles. The molecule has 22 heteroatoms. The number of hydrogen-bond donors (Lipinski definition) is 4. The van der Waals surface area contributed by atoms with Gasteiger partial charge in [0.2, 0.25) is 0 Å². The molecule has 19 nitrogen and oxygen atoms in total. The second kappa shape index (κ2) is 10.4. The van der Waals surface area contributed by atoms with E-state index in [1.54, 1.807) is 9.13 Å². The number of hydrogen-bond acceptors (Lipinski definition) is 16. The number of rotatable bonds is 2. The largest absolute Gasteiger partial charge is 0.472 e. The second-order valence-corrected chi connectivity index (χ2v) is 15.0. The van der Waals surface area contributed by atoms with E-state index in [4.69, 9.17) is 34.5 Å². The van der Waals surface area contributed by atoms with Crippen LogP contribution in [0.5, 0.6) is 0 Å². The first kappa shape index (κ1) is 28.0. The molecule has 0 bridgehead atoms. The molecule has 0 aromatic carbocycles. The summed E-state index contributed by atoms with van der Waals surface area (Å²) >= 11 is 0.617. The molecule has 3 aliphatic rings. The highest BCUT2D eigenvalue weighted by Crippen LogP contribution is 2.60. The number of fused-ring (bicyclic) bond motifs is 4. The SMILES string of the molecule is Nc1ncnc2c1ncn2[C@H]1C[C@@H]2OP(=O)(O)OC[C@H]3O[C@@H](n4cnc5c(N)ncnc54)C[C@@H]3OP(=O)(O)SC[C@H]2O1. The normalized spacial score (nSPS) is 36.0. The molecule has 6 N–H and O–H groups in total. The molecule has 0 saturated carbocycles. The molecule has 0 aliphatic carbocycles. The quantitative estimate of drug-likeness (QED) is 0.223. The van der Waals surface area contributed by atoms with E-state index in [-0.39, 0.29) is 30.2 Å². The summed E-state index contributed by atoms with van der Waals surface area (Å²) in [7, 11) is -4.66. The molecule has 4 aromatic heterocycles. The zero-order chi connectivity index (χ0) is 29.2. The van der Waals surface area contributed by atoms with E-state index in [1.807, 2.05) is 0 Å². The minimum atomic E-state index is -4.66. The fourth-order valence-electron chi connectivity index (χ4n) is 5.16. The van der Waals surface area contributed by atoms with E-state index in [0.29, 0.717) is 33.7 Å². The van der Waals surface area contributed by atoms with Crippen molar-refractivity contribution in [1.29, 1.82) is 0 Å². The summed E-state index contributed by atoms with van der Waals surface area (Å²) in [6.45, 7) is -4.77. The minimum Gasteiger partial charge on any atom is -0.382 e. The first-order chi connectivity index (χ1) is 20.1. The molecule has 0 amide bonds. The Balaban J connectivity index is 1.12. The molecular formula is C20H24N10O9P2S. The topological polar surface area (TPSA) is 260 Å². The smallest absolute Gasteiger partial charge is 0.382 e. The van der Waals surface area contributed by atoms with Crippen LogP contribution in [0.3, 0.4) is 0 Å². The first-order valence-electron chi connectivity index (χ1n) is 12.6. The van der Waals surface area contributed by atoms with Crippen molar-refractivity contribution in [2.24, 2.45) is 0 Å². The standard InChI is InChI=1S/C20H24N10O9P2S/c21-17-15-19(25-5-23-17)29(7-27-15)13-1-9-11(36-13)3-35-40(31,32)38-10-2-14(37-12(10)4-42-41(33,34)39-9)30-8-28-16-18(22)24-6-26-20(16)30/h5-14H,1-4H2,(H,31,32)(H,33,34)(H2,21,23,25)(H2,22,24,26)/t9-,10-,11+,12+,13+,14+/m0/s1. The Hall–Kier alpha value is -2.77. The van der Waals surface area contributed by atoms with Crippen LogP contribution < -0.4 is 11.5 Å². The molecule has 4 aromatic rings. The summed E-state index contributed by atoms with van der Waals surface area (Å²) in [6, 6.07) is 0. The molecule has 7 heterocycles. The molecule has 3 aliphatic heterocycles. The average molecular weight is 642 g/mol. The fourth-order valence-corrected chi connectivity index (χ4v) is 8.90. The van der Waals surface area contributed by atoms with Gasteiger partial charge in [0.05, 0.1) is 25.4 Å². The van der Waals surface area contributed by atoms with E-state index in [9.17, 15) is 18.9 Å². The first-order valence-corrected chi connectivity index (χ1v) is 17.2. The number of anilines is 2. The van der Waals surface area contributed by atoms with Gasteiger partial charge in [-0.2, -0.15) is 0 Å². The third-order valence-corrected chi connectivity index (χ3v) is 11.1. The molecule has 0 radical (unpaired) electrons. The number of ether oxygens (including phenoxy) is 2. The summed E-state index contributed by atoms with van der Waals surface area (Å²) in [5.74, 6) is 0.240. The highest BCUT2D eigenvalue weighted by atomic mass is 32.7. The number of phosphoric acid groups is 1. The number of phosphoric ester groups is 1. The predicted octanol–water partition coefficient (Wildman–Crippen LogP) is 1.14.